The van der Waals surface area contributed by atoms with Crippen LogP contribution in [0.4, 0.5) is 0 Å². The summed E-state index contributed by atoms with van der Waals surface area (Å²) in [6, 6.07) is 11.5. The van der Waals surface area contributed by atoms with Crippen LogP contribution >= 0.6 is 0 Å². The number of hydrogen-bond donors (Lipinski definition) is 2. The molecule has 2 heterocycles. The molecule has 106 valence electrons. The Kier molecular flexibility index (Phi) is 3.72. The number of rotatable bonds is 4. The van der Waals surface area contributed by atoms with Crippen molar-refractivity contribution in [2.24, 2.45) is 5.84 Å². The largest absolute Gasteiger partial charge is 0.270 e. The molecule has 1 aromatic carbocycles. The summed E-state index contributed by atoms with van der Waals surface area (Å²) in [7, 11) is 0. The Morgan fingerprint density at radius 2 is 1.90 bits per heavy atom. The first-order valence-electron chi connectivity index (χ1n) is 6.63. The molecule has 1 unspecified atom stereocenters. The van der Waals surface area contributed by atoms with Gasteiger partial charge in [-0.05, 0) is 25.1 Å². The lowest BCUT2D eigenvalue weighted by atomic mass is 10.1. The SMILES string of the molecule is Cc1cnc(C(NN)c2ccnn2-c2ccccc2)cn1. The molecule has 6 nitrogen and oxygen atoms in total. The van der Waals surface area contributed by atoms with Gasteiger partial charge < -0.3 is 0 Å². The van der Waals surface area contributed by atoms with Crippen LogP contribution in [-0.4, -0.2) is 19.7 Å². The molecule has 0 saturated heterocycles. The molecule has 0 bridgehead atoms. The monoisotopic (exact) mass is 280 g/mol. The van der Waals surface area contributed by atoms with Gasteiger partial charge in [-0.1, -0.05) is 18.2 Å². The molecule has 2 aromatic heterocycles. The Morgan fingerprint density at radius 1 is 1.10 bits per heavy atom. The van der Waals surface area contributed by atoms with E-state index in [0.29, 0.717) is 0 Å². The lowest BCUT2D eigenvalue weighted by Crippen LogP contribution is -2.31. The van der Waals surface area contributed by atoms with Crippen molar-refractivity contribution in [2.45, 2.75) is 13.0 Å². The van der Waals surface area contributed by atoms with Crippen LogP contribution in [0, 0.1) is 6.92 Å². The maximum Gasteiger partial charge on any atom is 0.107 e. The van der Waals surface area contributed by atoms with Gasteiger partial charge in [-0.15, -0.1) is 0 Å². The van der Waals surface area contributed by atoms with Crippen molar-refractivity contribution < 1.29 is 0 Å². The molecule has 0 amide bonds. The van der Waals surface area contributed by atoms with Crippen LogP contribution in [0.1, 0.15) is 23.1 Å². The standard InChI is InChI=1S/C15H16N6/c1-11-9-18-13(10-17-11)15(20-16)14-7-8-19-21(14)12-5-3-2-4-6-12/h2-10,15,20H,16H2,1H3. The molecule has 3 N–H and O–H groups in total. The number of hydrazine groups is 1. The number of para-hydroxylation sites is 1. The lowest BCUT2D eigenvalue weighted by Gasteiger charge is -2.17. The van der Waals surface area contributed by atoms with E-state index in [4.69, 9.17) is 5.84 Å². The third-order valence-corrected chi connectivity index (χ3v) is 3.23. The summed E-state index contributed by atoms with van der Waals surface area (Å²) in [6.07, 6.45) is 5.19. The average Bonchev–Trinajstić information content (AvgIpc) is 3.00. The van der Waals surface area contributed by atoms with Gasteiger partial charge in [0.2, 0.25) is 0 Å². The summed E-state index contributed by atoms with van der Waals surface area (Å²) < 4.78 is 1.84. The molecule has 0 spiro atoms. The van der Waals surface area contributed by atoms with E-state index in [0.717, 1.165) is 22.8 Å². The van der Waals surface area contributed by atoms with Crippen LogP contribution < -0.4 is 11.3 Å². The first-order chi connectivity index (χ1) is 10.3. The van der Waals surface area contributed by atoms with E-state index in [9.17, 15) is 0 Å². The second-order valence-electron chi connectivity index (χ2n) is 4.69. The molecule has 0 radical (unpaired) electrons. The molecule has 0 saturated carbocycles. The summed E-state index contributed by atoms with van der Waals surface area (Å²) in [5.41, 5.74) is 6.28. The Morgan fingerprint density at radius 3 is 2.57 bits per heavy atom. The van der Waals surface area contributed by atoms with E-state index in [2.05, 4.69) is 20.5 Å². The third kappa shape index (κ3) is 2.67. The Labute approximate surface area is 122 Å². The number of nitrogens with two attached hydrogens (primary N) is 1. The van der Waals surface area contributed by atoms with Crippen LogP contribution in [0.15, 0.2) is 55.0 Å². The smallest absolute Gasteiger partial charge is 0.107 e. The first kappa shape index (κ1) is 13.4. The van der Waals surface area contributed by atoms with E-state index in [1.807, 2.05) is 48.0 Å². The molecular formula is C15H16N6. The molecule has 0 aliphatic carbocycles. The van der Waals surface area contributed by atoms with Crippen molar-refractivity contribution >= 4 is 0 Å². The minimum atomic E-state index is -0.277. The Bertz CT molecular complexity index is 705. The highest BCUT2D eigenvalue weighted by Gasteiger charge is 2.19. The van der Waals surface area contributed by atoms with Crippen molar-refractivity contribution in [2.75, 3.05) is 0 Å². The molecule has 6 heteroatoms. The van der Waals surface area contributed by atoms with E-state index < -0.39 is 0 Å². The van der Waals surface area contributed by atoms with E-state index in [1.165, 1.54) is 0 Å². The van der Waals surface area contributed by atoms with Crippen molar-refractivity contribution in [3.63, 3.8) is 0 Å². The molecule has 1 atom stereocenters. The van der Waals surface area contributed by atoms with E-state index >= 15 is 0 Å². The van der Waals surface area contributed by atoms with Crippen LogP contribution in [0.25, 0.3) is 5.69 Å². The number of hydrogen-bond acceptors (Lipinski definition) is 5. The second-order valence-corrected chi connectivity index (χ2v) is 4.69. The van der Waals surface area contributed by atoms with Gasteiger partial charge in [0.15, 0.2) is 0 Å². The molecule has 3 aromatic rings. The van der Waals surface area contributed by atoms with Gasteiger partial charge >= 0.3 is 0 Å². The minimum absolute atomic E-state index is 0.277. The molecule has 21 heavy (non-hydrogen) atoms. The maximum atomic E-state index is 5.72. The van der Waals surface area contributed by atoms with E-state index in [-0.39, 0.29) is 6.04 Å². The highest BCUT2D eigenvalue weighted by Crippen LogP contribution is 2.21. The van der Waals surface area contributed by atoms with Crippen molar-refractivity contribution in [1.29, 1.82) is 0 Å². The molecule has 0 fully saturated rings. The fourth-order valence-electron chi connectivity index (χ4n) is 2.19. The van der Waals surface area contributed by atoms with Crippen LogP contribution in [-0.2, 0) is 0 Å². The molecule has 0 aliphatic heterocycles. The van der Waals surface area contributed by atoms with Crippen molar-refractivity contribution in [3.8, 4) is 5.69 Å². The summed E-state index contributed by atoms with van der Waals surface area (Å²) in [6.45, 7) is 1.90. The highest BCUT2D eigenvalue weighted by atomic mass is 15.3. The van der Waals surface area contributed by atoms with Gasteiger partial charge in [-0.25, -0.2) is 10.1 Å². The number of nitrogens with one attached hydrogen (secondary N) is 1. The average molecular weight is 280 g/mol. The fraction of sp³-hybridized carbons (Fsp3) is 0.133. The first-order valence-corrected chi connectivity index (χ1v) is 6.63. The molecule has 0 aliphatic rings. The van der Waals surface area contributed by atoms with Crippen LogP contribution in [0.3, 0.4) is 0 Å². The Hall–Kier alpha value is -2.57. The lowest BCUT2D eigenvalue weighted by molar-refractivity contribution is 0.581. The third-order valence-electron chi connectivity index (χ3n) is 3.23. The fourth-order valence-corrected chi connectivity index (χ4v) is 2.19. The summed E-state index contributed by atoms with van der Waals surface area (Å²) in [4.78, 5) is 8.67. The number of aryl methyl sites for hydroxylation is 1. The van der Waals surface area contributed by atoms with Crippen molar-refractivity contribution in [3.05, 3.63) is 72.1 Å². The van der Waals surface area contributed by atoms with Gasteiger partial charge in [0.1, 0.15) is 6.04 Å². The number of benzene rings is 1. The normalized spacial score (nSPS) is 12.3. The summed E-state index contributed by atoms with van der Waals surface area (Å²) in [5, 5.41) is 4.37. The quantitative estimate of drug-likeness (QED) is 0.559. The summed E-state index contributed by atoms with van der Waals surface area (Å²) in [5.74, 6) is 5.72. The highest BCUT2D eigenvalue weighted by molar-refractivity contribution is 5.34. The van der Waals surface area contributed by atoms with E-state index in [1.54, 1.807) is 18.6 Å². The Balaban J connectivity index is 2.03. The zero-order chi connectivity index (χ0) is 14.7. The van der Waals surface area contributed by atoms with Gasteiger partial charge in [0.05, 0.1) is 29.0 Å². The van der Waals surface area contributed by atoms with Crippen LogP contribution in [0.2, 0.25) is 0 Å². The summed E-state index contributed by atoms with van der Waals surface area (Å²) >= 11 is 0. The maximum absolute atomic E-state index is 5.72. The van der Waals surface area contributed by atoms with Gasteiger partial charge in [-0.3, -0.25) is 15.8 Å². The van der Waals surface area contributed by atoms with Gasteiger partial charge in [0, 0.05) is 12.4 Å². The van der Waals surface area contributed by atoms with Gasteiger partial charge in [0.25, 0.3) is 0 Å². The molecule has 3 rings (SSSR count). The number of nitrogens with zero attached hydrogens (tertiary/aromatic N) is 4. The second kappa shape index (κ2) is 5.82. The van der Waals surface area contributed by atoms with Gasteiger partial charge in [-0.2, -0.15) is 5.10 Å². The predicted octanol–water partition coefficient (Wildman–Crippen LogP) is 1.52. The van der Waals surface area contributed by atoms with Crippen molar-refractivity contribution in [1.82, 2.24) is 25.2 Å². The molecular weight excluding hydrogens is 264 g/mol. The number of aromatic nitrogens is 4. The zero-order valence-electron chi connectivity index (χ0n) is 11.6. The predicted molar refractivity (Wildman–Crippen MR) is 79.5 cm³/mol. The topological polar surface area (TPSA) is 81.6 Å². The zero-order valence-corrected chi connectivity index (χ0v) is 11.6. The minimum Gasteiger partial charge on any atom is -0.270 e. The van der Waals surface area contributed by atoms with Crippen LogP contribution in [0.5, 0.6) is 0 Å².